The fourth-order valence-corrected chi connectivity index (χ4v) is 2.26. The molecule has 0 bridgehead atoms. The van der Waals surface area contributed by atoms with Gasteiger partial charge in [0.25, 0.3) is 0 Å². The maximum Gasteiger partial charge on any atom is 0.333 e. The molecular formula is C7H15NNaO3S. The first kappa shape index (κ1) is 13.9. The van der Waals surface area contributed by atoms with Crippen LogP contribution >= 0.6 is 0 Å². The van der Waals surface area contributed by atoms with Crippen molar-refractivity contribution in [3.63, 3.8) is 0 Å². The number of hydrogen-bond acceptors (Lipinski definition) is 2. The van der Waals surface area contributed by atoms with E-state index in [2.05, 4.69) is 4.72 Å². The Bertz CT molecular complexity index is 222. The molecule has 1 aliphatic carbocycles. The molecule has 1 rings (SSSR count). The molecule has 0 aliphatic heterocycles. The average Bonchev–Trinajstić information content (AvgIpc) is 2.12. The Morgan fingerprint density at radius 2 is 1.54 bits per heavy atom. The second-order valence-electron chi connectivity index (χ2n) is 3.28. The van der Waals surface area contributed by atoms with Gasteiger partial charge >= 0.3 is 10.3 Å². The molecule has 0 unspecified atom stereocenters. The minimum absolute atomic E-state index is 0. The standard InChI is InChI=1S/C7H15NO3S.Na/c9-12(10,11)8-7-5-3-1-2-4-6-7;/h7-8H,1-6H2,(H,9,10,11);. The zero-order chi connectivity index (χ0) is 9.03. The molecule has 73 valence electrons. The summed E-state index contributed by atoms with van der Waals surface area (Å²) in [5.41, 5.74) is 0. The van der Waals surface area contributed by atoms with Gasteiger partial charge in [0.1, 0.15) is 0 Å². The monoisotopic (exact) mass is 216 g/mol. The molecule has 1 radical (unpaired) electrons. The van der Waals surface area contributed by atoms with Crippen LogP contribution in [0.1, 0.15) is 38.5 Å². The Morgan fingerprint density at radius 3 is 1.92 bits per heavy atom. The van der Waals surface area contributed by atoms with Gasteiger partial charge in [-0.3, -0.25) is 4.55 Å². The van der Waals surface area contributed by atoms with E-state index in [9.17, 15) is 8.42 Å². The minimum atomic E-state index is -3.99. The van der Waals surface area contributed by atoms with Crippen molar-refractivity contribution < 1.29 is 13.0 Å². The fraction of sp³-hybridized carbons (Fsp3) is 1.00. The molecule has 0 aromatic carbocycles. The Balaban J connectivity index is 0.00000144. The molecule has 0 amide bonds. The van der Waals surface area contributed by atoms with Gasteiger partial charge in [-0.05, 0) is 12.8 Å². The largest absolute Gasteiger partial charge is 0.333 e. The molecule has 0 heterocycles. The zero-order valence-corrected chi connectivity index (χ0v) is 10.8. The van der Waals surface area contributed by atoms with E-state index in [4.69, 9.17) is 4.55 Å². The van der Waals surface area contributed by atoms with Crippen molar-refractivity contribution >= 4 is 39.9 Å². The molecule has 1 fully saturated rings. The van der Waals surface area contributed by atoms with Crippen LogP contribution in [0.3, 0.4) is 0 Å². The normalized spacial score (nSPS) is 20.4. The molecule has 0 atom stereocenters. The van der Waals surface area contributed by atoms with Crippen molar-refractivity contribution in [3.8, 4) is 0 Å². The second-order valence-corrected chi connectivity index (χ2v) is 4.47. The van der Waals surface area contributed by atoms with Crippen LogP contribution in [0.5, 0.6) is 0 Å². The Hall–Kier alpha value is 0.870. The molecule has 4 nitrogen and oxygen atoms in total. The molecule has 6 heteroatoms. The summed E-state index contributed by atoms with van der Waals surface area (Å²) in [6, 6.07) is -0.0532. The average molecular weight is 216 g/mol. The molecular weight excluding hydrogens is 201 g/mol. The first-order valence-electron chi connectivity index (χ1n) is 4.33. The van der Waals surface area contributed by atoms with Crippen LogP contribution in [0.15, 0.2) is 0 Å². The zero-order valence-electron chi connectivity index (χ0n) is 7.99. The summed E-state index contributed by atoms with van der Waals surface area (Å²) in [5.74, 6) is 0. The van der Waals surface area contributed by atoms with Crippen molar-refractivity contribution in [2.45, 2.75) is 44.6 Å². The summed E-state index contributed by atoms with van der Waals surface area (Å²) < 4.78 is 31.7. The topological polar surface area (TPSA) is 66.4 Å². The smallest absolute Gasteiger partial charge is 0.273 e. The molecule has 0 aromatic rings. The van der Waals surface area contributed by atoms with E-state index in [0.717, 1.165) is 25.7 Å². The van der Waals surface area contributed by atoms with Crippen LogP contribution in [0, 0.1) is 0 Å². The predicted octanol–water partition coefficient (Wildman–Crippen LogP) is 0.721. The summed E-state index contributed by atoms with van der Waals surface area (Å²) in [5, 5.41) is 0. The van der Waals surface area contributed by atoms with Crippen LogP contribution in [-0.4, -0.2) is 48.6 Å². The Labute approximate surface area is 102 Å². The van der Waals surface area contributed by atoms with Gasteiger partial charge in [-0.15, -0.1) is 0 Å². The molecule has 2 N–H and O–H groups in total. The van der Waals surface area contributed by atoms with E-state index in [1.165, 1.54) is 12.8 Å². The van der Waals surface area contributed by atoms with E-state index in [1.54, 1.807) is 0 Å². The van der Waals surface area contributed by atoms with Gasteiger partial charge < -0.3 is 0 Å². The van der Waals surface area contributed by atoms with E-state index >= 15 is 0 Å². The van der Waals surface area contributed by atoms with Gasteiger partial charge in [0.15, 0.2) is 0 Å². The van der Waals surface area contributed by atoms with Crippen LogP contribution in [0.2, 0.25) is 0 Å². The van der Waals surface area contributed by atoms with Gasteiger partial charge in [-0.2, -0.15) is 13.1 Å². The second kappa shape index (κ2) is 6.37. The van der Waals surface area contributed by atoms with Gasteiger partial charge in [-0.25, -0.2) is 0 Å². The molecule has 1 saturated carbocycles. The molecule has 13 heavy (non-hydrogen) atoms. The first-order chi connectivity index (χ1) is 5.58. The number of nitrogens with one attached hydrogen (secondary N) is 1. The maximum absolute atomic E-state index is 10.5. The van der Waals surface area contributed by atoms with Crippen molar-refractivity contribution in [1.82, 2.24) is 4.72 Å². The number of hydrogen-bond donors (Lipinski definition) is 2. The molecule has 1 aliphatic rings. The first-order valence-corrected chi connectivity index (χ1v) is 5.77. The van der Waals surface area contributed by atoms with Gasteiger partial charge in [0, 0.05) is 35.6 Å². The number of rotatable bonds is 2. The summed E-state index contributed by atoms with van der Waals surface area (Å²) in [7, 11) is -3.99. The Kier molecular flexibility index (Phi) is 6.80. The molecule has 0 saturated heterocycles. The predicted molar refractivity (Wildman–Crippen MR) is 51.9 cm³/mol. The fourth-order valence-electron chi connectivity index (χ4n) is 1.61. The van der Waals surface area contributed by atoms with Crippen molar-refractivity contribution in [3.05, 3.63) is 0 Å². The molecule has 0 spiro atoms. The minimum Gasteiger partial charge on any atom is -0.273 e. The third-order valence-electron chi connectivity index (χ3n) is 2.17. The van der Waals surface area contributed by atoms with Crippen molar-refractivity contribution in [2.75, 3.05) is 0 Å². The van der Waals surface area contributed by atoms with Crippen molar-refractivity contribution in [2.24, 2.45) is 0 Å². The summed E-state index contributed by atoms with van der Waals surface area (Å²) in [4.78, 5) is 0. The van der Waals surface area contributed by atoms with E-state index in [0.29, 0.717) is 0 Å². The van der Waals surface area contributed by atoms with E-state index in [1.807, 2.05) is 0 Å². The van der Waals surface area contributed by atoms with Crippen LogP contribution < -0.4 is 4.72 Å². The molecule has 0 aromatic heterocycles. The van der Waals surface area contributed by atoms with Crippen LogP contribution in [0.25, 0.3) is 0 Å². The van der Waals surface area contributed by atoms with E-state index in [-0.39, 0.29) is 35.6 Å². The maximum atomic E-state index is 10.5. The summed E-state index contributed by atoms with van der Waals surface area (Å²) in [6.45, 7) is 0. The van der Waals surface area contributed by atoms with Gasteiger partial charge in [0.2, 0.25) is 0 Å². The van der Waals surface area contributed by atoms with Crippen molar-refractivity contribution in [1.29, 1.82) is 0 Å². The van der Waals surface area contributed by atoms with Crippen LogP contribution in [-0.2, 0) is 10.3 Å². The Morgan fingerprint density at radius 1 is 1.08 bits per heavy atom. The van der Waals surface area contributed by atoms with Gasteiger partial charge in [-0.1, -0.05) is 25.7 Å². The summed E-state index contributed by atoms with van der Waals surface area (Å²) in [6.07, 6.45) is 6.13. The van der Waals surface area contributed by atoms with Crippen LogP contribution in [0.4, 0.5) is 0 Å². The third-order valence-corrected chi connectivity index (χ3v) is 2.80. The third kappa shape index (κ3) is 6.88. The van der Waals surface area contributed by atoms with Gasteiger partial charge in [0.05, 0.1) is 0 Å². The summed E-state index contributed by atoms with van der Waals surface area (Å²) >= 11 is 0. The van der Waals surface area contributed by atoms with E-state index < -0.39 is 10.3 Å². The quantitative estimate of drug-likeness (QED) is 0.406. The SMILES string of the molecule is O=S(=O)(O)NC1CCCCCC1.[Na].